The third-order valence-electron chi connectivity index (χ3n) is 5.94. The van der Waals surface area contributed by atoms with Gasteiger partial charge in [0.25, 0.3) is 11.8 Å². The molecule has 3 rings (SSSR count). The van der Waals surface area contributed by atoms with Crippen LogP contribution in [0.1, 0.15) is 32.8 Å². The Balaban J connectivity index is 1.83. The van der Waals surface area contributed by atoms with Crippen molar-refractivity contribution in [3.63, 3.8) is 0 Å². The first-order valence-corrected chi connectivity index (χ1v) is 14.6. The molecular formula is C26H29N5O6S2. The van der Waals surface area contributed by atoms with Crippen LogP contribution in [0, 0.1) is 11.3 Å². The number of benzene rings is 2. The van der Waals surface area contributed by atoms with Crippen LogP contribution in [0.25, 0.3) is 0 Å². The van der Waals surface area contributed by atoms with Gasteiger partial charge in [-0.3, -0.25) is 9.59 Å². The predicted molar refractivity (Wildman–Crippen MR) is 147 cm³/mol. The van der Waals surface area contributed by atoms with Gasteiger partial charge in [-0.25, -0.2) is 17.7 Å². The van der Waals surface area contributed by atoms with Gasteiger partial charge in [-0.1, -0.05) is 48.5 Å². The second kappa shape index (κ2) is 13.3. The first kappa shape index (κ1) is 29.7. The molecular weight excluding hydrogens is 542 g/mol. The summed E-state index contributed by atoms with van der Waals surface area (Å²) in [6.45, 7) is 0. The number of carbonyl (C=O) groups excluding carboxylic acids is 2. The lowest BCUT2D eigenvalue weighted by Crippen LogP contribution is -2.56. The number of aromatic nitrogens is 1. The second-order valence-corrected chi connectivity index (χ2v) is 11.7. The molecule has 39 heavy (non-hydrogen) atoms. The summed E-state index contributed by atoms with van der Waals surface area (Å²) >= 11 is 0.954. The molecule has 11 nitrogen and oxygen atoms in total. The molecule has 2 amide bonds. The summed E-state index contributed by atoms with van der Waals surface area (Å²) in [5, 5.41) is 38.3. The fourth-order valence-electron chi connectivity index (χ4n) is 3.70. The molecule has 0 unspecified atom stereocenters. The van der Waals surface area contributed by atoms with Crippen molar-refractivity contribution in [2.45, 2.75) is 37.1 Å². The summed E-state index contributed by atoms with van der Waals surface area (Å²) in [6, 6.07) is 16.9. The summed E-state index contributed by atoms with van der Waals surface area (Å²) < 4.78 is 24.6. The van der Waals surface area contributed by atoms with Crippen LogP contribution in [-0.2, 0) is 16.4 Å². The van der Waals surface area contributed by atoms with Crippen molar-refractivity contribution < 1.29 is 28.2 Å². The van der Waals surface area contributed by atoms with Gasteiger partial charge >= 0.3 is 0 Å². The first-order valence-electron chi connectivity index (χ1n) is 11.8. The number of nitrogens with zero attached hydrogens (tertiary/aromatic N) is 3. The highest BCUT2D eigenvalue weighted by atomic mass is 32.2. The quantitative estimate of drug-likeness (QED) is 0.252. The zero-order valence-corrected chi connectivity index (χ0v) is 22.9. The lowest BCUT2D eigenvalue weighted by Gasteiger charge is -2.32. The summed E-state index contributed by atoms with van der Waals surface area (Å²) in [4.78, 5) is 29.8. The Morgan fingerprint density at radius 2 is 1.56 bits per heavy atom. The number of hydrogen-bond donors (Lipinski definition) is 4. The highest BCUT2D eigenvalue weighted by molar-refractivity contribution is 7.92. The van der Waals surface area contributed by atoms with Crippen molar-refractivity contribution in [2.75, 3.05) is 17.6 Å². The Bertz CT molecular complexity index is 1410. The minimum atomic E-state index is -3.59. The highest BCUT2D eigenvalue weighted by Crippen LogP contribution is 2.22. The van der Waals surface area contributed by atoms with Crippen LogP contribution < -0.4 is 14.9 Å². The van der Waals surface area contributed by atoms with Gasteiger partial charge in [0.1, 0.15) is 17.9 Å². The monoisotopic (exact) mass is 571 g/mol. The lowest BCUT2D eigenvalue weighted by molar-refractivity contribution is -0.0212. The van der Waals surface area contributed by atoms with Crippen LogP contribution in [-0.4, -0.2) is 73.0 Å². The van der Waals surface area contributed by atoms with E-state index in [0.717, 1.165) is 27.5 Å². The van der Waals surface area contributed by atoms with Crippen LogP contribution in [0.3, 0.4) is 0 Å². The molecule has 4 atom stereocenters. The van der Waals surface area contributed by atoms with Crippen molar-refractivity contribution in [2.24, 2.45) is 0 Å². The zero-order valence-electron chi connectivity index (χ0n) is 21.3. The number of nitriles is 1. The molecule has 3 aromatic rings. The third kappa shape index (κ3) is 8.08. The maximum absolute atomic E-state index is 13.1. The zero-order chi connectivity index (χ0) is 28.6. The molecule has 0 fully saturated rings. The number of aliphatic hydroxyl groups excluding tert-OH is 2. The van der Waals surface area contributed by atoms with Gasteiger partial charge in [-0.15, -0.1) is 11.3 Å². The molecule has 0 saturated carbocycles. The molecule has 0 spiro atoms. The molecule has 0 aliphatic rings. The number of sulfonamides is 1. The van der Waals surface area contributed by atoms with E-state index in [1.165, 1.54) is 12.4 Å². The summed E-state index contributed by atoms with van der Waals surface area (Å²) in [5.74, 6) is -1.23. The maximum Gasteiger partial charge on any atom is 0.271 e. The van der Waals surface area contributed by atoms with Crippen molar-refractivity contribution in [1.82, 2.24) is 15.6 Å². The fourth-order valence-corrected chi connectivity index (χ4v) is 5.23. The normalized spacial score (nSPS) is 14.3. The summed E-state index contributed by atoms with van der Waals surface area (Å²) in [5.41, 5.74) is 0.987. The third-order valence-corrected chi connectivity index (χ3v) is 8.15. The molecule has 0 saturated heterocycles. The average Bonchev–Trinajstić information content (AvgIpc) is 3.42. The molecule has 4 N–H and O–H groups in total. The van der Waals surface area contributed by atoms with E-state index in [4.69, 9.17) is 0 Å². The topological polar surface area (TPSA) is 173 Å². The molecule has 1 heterocycles. The molecule has 0 aliphatic heterocycles. The Labute approximate surface area is 230 Å². The molecule has 0 bridgehead atoms. The Kier molecular flexibility index (Phi) is 10.1. The van der Waals surface area contributed by atoms with Gasteiger partial charge in [0.15, 0.2) is 5.13 Å². The molecule has 2 aromatic carbocycles. The van der Waals surface area contributed by atoms with Crippen LogP contribution in [0.15, 0.2) is 66.0 Å². The van der Waals surface area contributed by atoms with Gasteiger partial charge in [-0.05, 0) is 24.1 Å². The van der Waals surface area contributed by atoms with Crippen molar-refractivity contribution in [3.8, 4) is 6.07 Å². The Morgan fingerprint density at radius 1 is 1.00 bits per heavy atom. The Hall–Kier alpha value is -3.83. The number of amides is 2. The minimum Gasteiger partial charge on any atom is -0.388 e. The first-order chi connectivity index (χ1) is 18.5. The van der Waals surface area contributed by atoms with E-state index >= 15 is 0 Å². The van der Waals surface area contributed by atoms with E-state index in [1.807, 2.05) is 6.07 Å². The second-order valence-electron chi connectivity index (χ2n) is 8.80. The van der Waals surface area contributed by atoms with Crippen molar-refractivity contribution in [3.05, 3.63) is 82.9 Å². The van der Waals surface area contributed by atoms with Crippen molar-refractivity contribution in [1.29, 1.82) is 5.26 Å². The number of carbonyl (C=O) groups is 2. The maximum atomic E-state index is 13.1. The average molecular weight is 572 g/mol. The van der Waals surface area contributed by atoms with Crippen LogP contribution in [0.4, 0.5) is 5.13 Å². The Morgan fingerprint density at radius 3 is 2.15 bits per heavy atom. The van der Waals surface area contributed by atoms with E-state index in [-0.39, 0.29) is 23.7 Å². The van der Waals surface area contributed by atoms with Gasteiger partial charge in [0.05, 0.1) is 30.8 Å². The van der Waals surface area contributed by atoms with Gasteiger partial charge in [0, 0.05) is 18.0 Å². The van der Waals surface area contributed by atoms with E-state index in [0.29, 0.717) is 5.56 Å². The summed E-state index contributed by atoms with van der Waals surface area (Å²) in [6.07, 6.45) is -2.39. The minimum absolute atomic E-state index is 0.0730. The predicted octanol–water partition coefficient (Wildman–Crippen LogP) is 1.31. The van der Waals surface area contributed by atoms with Crippen LogP contribution in [0.2, 0.25) is 0 Å². The fraction of sp³-hybridized carbons (Fsp3) is 0.308. The molecule has 0 radical (unpaired) electrons. The number of aliphatic hydroxyl groups is 2. The SMILES string of the molecule is CN(c1nc(C(=O)N[C@H](Cc2ccccc2)[C@@H](O)[C@H](O)[C@H](CC#N)NC(=O)c2ccccc2)cs1)S(C)(=O)=O. The number of anilines is 1. The van der Waals surface area contributed by atoms with Gasteiger partial charge in [0.2, 0.25) is 10.0 Å². The standard InChI is InChI=1S/C26H29N5O6S2/c1-31(39(2,36)37)26-30-21(16-38-26)25(35)29-20(15-17-9-5-3-6-10-17)23(33)22(32)19(13-14-27)28-24(34)18-11-7-4-8-12-18/h3-12,16,19-20,22-23,32-33H,13,15H2,1-2H3,(H,28,34)(H,29,35)/t19-,20+,22+,23+/m0/s1. The smallest absolute Gasteiger partial charge is 0.271 e. The van der Waals surface area contributed by atoms with Crippen LogP contribution in [0.5, 0.6) is 0 Å². The molecule has 206 valence electrons. The van der Waals surface area contributed by atoms with E-state index in [2.05, 4.69) is 15.6 Å². The number of rotatable bonds is 12. The summed E-state index contributed by atoms with van der Waals surface area (Å²) in [7, 11) is -2.27. The molecule has 1 aromatic heterocycles. The molecule has 13 heteroatoms. The van der Waals surface area contributed by atoms with Crippen LogP contribution >= 0.6 is 11.3 Å². The lowest BCUT2D eigenvalue weighted by atomic mass is 9.92. The van der Waals surface area contributed by atoms with Crippen molar-refractivity contribution >= 4 is 38.3 Å². The van der Waals surface area contributed by atoms with E-state index in [1.54, 1.807) is 60.7 Å². The van der Waals surface area contributed by atoms with Gasteiger partial charge in [-0.2, -0.15) is 5.26 Å². The van der Waals surface area contributed by atoms with Gasteiger partial charge < -0.3 is 20.8 Å². The molecule has 0 aliphatic carbocycles. The highest BCUT2D eigenvalue weighted by Gasteiger charge is 2.35. The largest absolute Gasteiger partial charge is 0.388 e. The number of hydrogen-bond acceptors (Lipinski definition) is 9. The number of nitrogens with one attached hydrogen (secondary N) is 2. The van der Waals surface area contributed by atoms with E-state index < -0.39 is 46.1 Å². The van der Waals surface area contributed by atoms with E-state index in [9.17, 15) is 33.5 Å². The number of thiazole rings is 1.